The van der Waals surface area contributed by atoms with Crippen LogP contribution in [0.25, 0.3) is 0 Å². The summed E-state index contributed by atoms with van der Waals surface area (Å²) in [6.45, 7) is 0.572. The van der Waals surface area contributed by atoms with Crippen molar-refractivity contribution in [3.05, 3.63) is 59.9 Å². The number of urea groups is 1. The SMILES string of the molecule is O=C1Nc2cccnc2C2=NCC(c3ccccc3)N12. The molecule has 98 valence electrons. The summed E-state index contributed by atoms with van der Waals surface area (Å²) in [5, 5.41) is 2.87. The third-order valence-electron chi connectivity index (χ3n) is 3.62. The minimum Gasteiger partial charge on any atom is -0.305 e. The van der Waals surface area contributed by atoms with E-state index in [2.05, 4.69) is 15.3 Å². The predicted octanol–water partition coefficient (Wildman–Crippen LogP) is 2.43. The average Bonchev–Trinajstić information content (AvgIpc) is 2.94. The lowest BCUT2D eigenvalue weighted by atomic mass is 10.1. The first-order valence-corrected chi connectivity index (χ1v) is 6.49. The normalized spacial score (nSPS) is 20.0. The molecule has 0 saturated carbocycles. The Kier molecular flexibility index (Phi) is 2.32. The number of amides is 2. The molecule has 1 aromatic carbocycles. The van der Waals surface area contributed by atoms with Crippen molar-refractivity contribution in [1.29, 1.82) is 0 Å². The Hall–Kier alpha value is -2.69. The molecule has 2 aliphatic rings. The summed E-state index contributed by atoms with van der Waals surface area (Å²) >= 11 is 0. The second-order valence-corrected chi connectivity index (χ2v) is 4.79. The molecule has 20 heavy (non-hydrogen) atoms. The number of rotatable bonds is 1. The summed E-state index contributed by atoms with van der Waals surface area (Å²) in [6.07, 6.45) is 1.72. The standard InChI is InChI=1S/C15H12N4O/c20-15-18-11-7-4-8-16-13(11)14-17-9-12(19(14)15)10-5-2-1-3-6-10/h1-8,12H,9H2,(H,18,20). The van der Waals surface area contributed by atoms with Gasteiger partial charge < -0.3 is 5.32 Å². The zero-order valence-electron chi connectivity index (χ0n) is 10.7. The van der Waals surface area contributed by atoms with Gasteiger partial charge in [0, 0.05) is 6.20 Å². The highest BCUT2D eigenvalue weighted by molar-refractivity contribution is 6.18. The number of hydrogen-bond donors (Lipinski definition) is 1. The molecule has 5 nitrogen and oxygen atoms in total. The number of pyridine rings is 1. The fourth-order valence-corrected chi connectivity index (χ4v) is 2.69. The molecule has 1 atom stereocenters. The summed E-state index contributed by atoms with van der Waals surface area (Å²) < 4.78 is 0. The Labute approximate surface area is 116 Å². The van der Waals surface area contributed by atoms with Crippen molar-refractivity contribution in [2.45, 2.75) is 6.04 Å². The zero-order chi connectivity index (χ0) is 13.5. The number of nitrogens with zero attached hydrogens (tertiary/aromatic N) is 3. The zero-order valence-corrected chi connectivity index (χ0v) is 10.7. The molecule has 5 heteroatoms. The molecule has 0 saturated heterocycles. The van der Waals surface area contributed by atoms with Gasteiger partial charge in [-0.3, -0.25) is 14.9 Å². The smallest absolute Gasteiger partial charge is 0.305 e. The van der Waals surface area contributed by atoms with Crippen molar-refractivity contribution in [3.8, 4) is 0 Å². The fraction of sp³-hybridized carbons (Fsp3) is 0.133. The maximum absolute atomic E-state index is 12.3. The van der Waals surface area contributed by atoms with Gasteiger partial charge in [-0.2, -0.15) is 0 Å². The number of hydrogen-bond acceptors (Lipinski definition) is 3. The molecule has 4 rings (SSSR count). The van der Waals surface area contributed by atoms with Crippen LogP contribution in [0.1, 0.15) is 17.3 Å². The first-order chi connectivity index (χ1) is 9.84. The molecule has 0 bridgehead atoms. The highest BCUT2D eigenvalue weighted by Crippen LogP contribution is 2.33. The fourth-order valence-electron chi connectivity index (χ4n) is 2.69. The van der Waals surface area contributed by atoms with E-state index in [1.807, 2.05) is 36.4 Å². The summed E-state index contributed by atoms with van der Waals surface area (Å²) in [4.78, 5) is 22.9. The minimum absolute atomic E-state index is 0.0543. The van der Waals surface area contributed by atoms with E-state index in [-0.39, 0.29) is 12.1 Å². The van der Waals surface area contributed by atoms with Crippen molar-refractivity contribution >= 4 is 17.6 Å². The van der Waals surface area contributed by atoms with Crippen molar-refractivity contribution in [2.75, 3.05) is 11.9 Å². The average molecular weight is 264 g/mol. The lowest BCUT2D eigenvalue weighted by Crippen LogP contribution is -2.44. The van der Waals surface area contributed by atoms with Gasteiger partial charge in [-0.15, -0.1) is 0 Å². The van der Waals surface area contributed by atoms with Crippen LogP contribution in [0.2, 0.25) is 0 Å². The largest absolute Gasteiger partial charge is 0.328 e. The topological polar surface area (TPSA) is 57.6 Å². The van der Waals surface area contributed by atoms with Crippen LogP contribution in [0.5, 0.6) is 0 Å². The van der Waals surface area contributed by atoms with Gasteiger partial charge in [0.15, 0.2) is 5.84 Å². The molecule has 0 aliphatic carbocycles. The van der Waals surface area contributed by atoms with Gasteiger partial charge in [0.1, 0.15) is 5.69 Å². The number of anilines is 1. The van der Waals surface area contributed by atoms with Crippen LogP contribution >= 0.6 is 0 Å². The number of benzene rings is 1. The lowest BCUT2D eigenvalue weighted by Gasteiger charge is -2.30. The quantitative estimate of drug-likeness (QED) is 0.860. The van der Waals surface area contributed by atoms with E-state index in [4.69, 9.17) is 0 Å². The monoisotopic (exact) mass is 264 g/mol. The summed E-state index contributed by atoms with van der Waals surface area (Å²) in [5.41, 5.74) is 2.55. The molecule has 2 aromatic rings. The van der Waals surface area contributed by atoms with E-state index in [1.165, 1.54) is 0 Å². The van der Waals surface area contributed by atoms with Crippen LogP contribution in [0, 0.1) is 0 Å². The van der Waals surface area contributed by atoms with Gasteiger partial charge in [0.05, 0.1) is 18.3 Å². The number of fused-ring (bicyclic) bond motifs is 3. The second-order valence-electron chi connectivity index (χ2n) is 4.79. The molecule has 3 heterocycles. The van der Waals surface area contributed by atoms with Gasteiger partial charge in [0.2, 0.25) is 0 Å². The van der Waals surface area contributed by atoms with Gasteiger partial charge in [0.25, 0.3) is 0 Å². The van der Waals surface area contributed by atoms with Gasteiger partial charge >= 0.3 is 6.03 Å². The molecule has 0 radical (unpaired) electrons. The van der Waals surface area contributed by atoms with Gasteiger partial charge in [-0.05, 0) is 17.7 Å². The van der Waals surface area contributed by atoms with Gasteiger partial charge in [-0.25, -0.2) is 4.79 Å². The van der Waals surface area contributed by atoms with E-state index in [0.29, 0.717) is 12.4 Å². The van der Waals surface area contributed by atoms with Crippen molar-refractivity contribution in [1.82, 2.24) is 9.88 Å². The maximum atomic E-state index is 12.3. The number of amidine groups is 1. The maximum Gasteiger partial charge on any atom is 0.328 e. The van der Waals surface area contributed by atoms with E-state index in [1.54, 1.807) is 17.2 Å². The van der Waals surface area contributed by atoms with Crippen LogP contribution in [-0.4, -0.2) is 28.3 Å². The Morgan fingerprint density at radius 2 is 2.00 bits per heavy atom. The molecule has 0 spiro atoms. The van der Waals surface area contributed by atoms with Crippen LogP contribution < -0.4 is 5.32 Å². The Morgan fingerprint density at radius 1 is 1.15 bits per heavy atom. The summed E-state index contributed by atoms with van der Waals surface area (Å²) in [6, 6.07) is 13.4. The van der Waals surface area contributed by atoms with Crippen molar-refractivity contribution in [2.24, 2.45) is 4.99 Å². The van der Waals surface area contributed by atoms with Crippen LogP contribution in [0.3, 0.4) is 0 Å². The number of aromatic nitrogens is 1. The molecule has 0 fully saturated rings. The van der Waals surface area contributed by atoms with Crippen LogP contribution in [-0.2, 0) is 0 Å². The molecule has 1 N–H and O–H groups in total. The number of aliphatic imine (C=N–C) groups is 1. The Bertz CT molecular complexity index is 711. The number of carbonyl (C=O) groups excluding carboxylic acids is 1. The highest BCUT2D eigenvalue weighted by Gasteiger charge is 2.39. The number of nitrogens with one attached hydrogen (secondary N) is 1. The van der Waals surface area contributed by atoms with Crippen molar-refractivity contribution < 1.29 is 4.79 Å². The minimum atomic E-state index is -0.143. The van der Waals surface area contributed by atoms with Gasteiger partial charge in [-0.1, -0.05) is 30.3 Å². The van der Waals surface area contributed by atoms with E-state index < -0.39 is 0 Å². The van der Waals surface area contributed by atoms with Crippen LogP contribution in [0.4, 0.5) is 10.5 Å². The predicted molar refractivity (Wildman–Crippen MR) is 75.7 cm³/mol. The Morgan fingerprint density at radius 3 is 2.85 bits per heavy atom. The molecule has 2 aliphatic heterocycles. The third-order valence-corrected chi connectivity index (χ3v) is 3.62. The van der Waals surface area contributed by atoms with E-state index in [0.717, 1.165) is 16.9 Å². The summed E-state index contributed by atoms with van der Waals surface area (Å²) in [7, 11) is 0. The van der Waals surface area contributed by atoms with E-state index in [9.17, 15) is 4.79 Å². The third kappa shape index (κ3) is 1.53. The molecule has 1 unspecified atom stereocenters. The molecular formula is C15H12N4O. The van der Waals surface area contributed by atoms with E-state index >= 15 is 0 Å². The molecular weight excluding hydrogens is 252 g/mol. The second kappa shape index (κ2) is 4.16. The number of carbonyl (C=O) groups is 1. The molecule has 1 aromatic heterocycles. The first-order valence-electron chi connectivity index (χ1n) is 6.49. The molecule has 2 amide bonds. The Balaban J connectivity index is 1.78. The van der Waals surface area contributed by atoms with Crippen LogP contribution in [0.15, 0.2) is 53.7 Å². The first kappa shape index (κ1) is 11.2. The highest BCUT2D eigenvalue weighted by atomic mass is 16.2. The van der Waals surface area contributed by atoms with Crippen molar-refractivity contribution in [3.63, 3.8) is 0 Å². The lowest BCUT2D eigenvalue weighted by molar-refractivity contribution is 0.225. The summed E-state index contributed by atoms with van der Waals surface area (Å²) in [5.74, 6) is 0.665.